The van der Waals surface area contributed by atoms with Crippen LogP contribution in [0.3, 0.4) is 0 Å². The summed E-state index contributed by atoms with van der Waals surface area (Å²) in [6, 6.07) is 3.45. The van der Waals surface area contributed by atoms with Gasteiger partial charge in [-0.25, -0.2) is 0 Å². The Morgan fingerprint density at radius 1 is 1.06 bits per heavy atom. The van der Waals surface area contributed by atoms with E-state index in [0.29, 0.717) is 11.8 Å². The van der Waals surface area contributed by atoms with E-state index in [1.807, 2.05) is 0 Å². The van der Waals surface area contributed by atoms with Gasteiger partial charge in [0.15, 0.2) is 0 Å². The van der Waals surface area contributed by atoms with E-state index < -0.39 is 33.2 Å². The van der Waals surface area contributed by atoms with Gasteiger partial charge in [-0.2, -0.15) is 13.2 Å². The summed E-state index contributed by atoms with van der Waals surface area (Å²) in [5, 5.41) is 22.3. The third kappa shape index (κ3) is 4.54. The van der Waals surface area contributed by atoms with E-state index in [4.69, 9.17) is 0 Å². The number of carbonyl (C=O) groups excluding carboxylic acids is 1. The van der Waals surface area contributed by atoms with Crippen molar-refractivity contribution in [3.8, 4) is 0 Å². The number of aryl methyl sites for hydroxylation is 1. The lowest BCUT2D eigenvalue weighted by molar-refractivity contribution is -0.385. The van der Waals surface area contributed by atoms with Crippen LogP contribution in [-0.2, 0) is 6.18 Å². The Morgan fingerprint density at radius 2 is 1.71 bits per heavy atom. The van der Waals surface area contributed by atoms with Crippen molar-refractivity contribution in [1.29, 1.82) is 0 Å². The number of aromatic nitrogens is 1. The van der Waals surface area contributed by atoms with Crippen LogP contribution in [-0.4, -0.2) is 51.8 Å². The predicted octanol–water partition coefficient (Wildman–Crippen LogP) is 3.19. The monoisotopic (exact) mass is 439 g/mol. The van der Waals surface area contributed by atoms with Crippen LogP contribution in [0.1, 0.15) is 21.6 Å². The molecule has 1 fully saturated rings. The molecule has 3 rings (SSSR count). The molecule has 0 unspecified atom stereocenters. The van der Waals surface area contributed by atoms with Gasteiger partial charge in [0.1, 0.15) is 11.9 Å². The molecule has 0 spiro atoms. The molecule has 1 aliphatic heterocycles. The first-order chi connectivity index (χ1) is 14.5. The topological polar surface area (TPSA) is 123 Å². The Morgan fingerprint density at radius 3 is 2.26 bits per heavy atom. The van der Waals surface area contributed by atoms with Gasteiger partial charge in [0.2, 0.25) is 0 Å². The van der Waals surface area contributed by atoms with Gasteiger partial charge >= 0.3 is 6.18 Å². The second-order valence-corrected chi connectivity index (χ2v) is 6.82. The number of hydrogen-bond donors (Lipinski definition) is 0. The Bertz CT molecular complexity index is 1050. The van der Waals surface area contributed by atoms with Crippen LogP contribution in [0.5, 0.6) is 0 Å². The van der Waals surface area contributed by atoms with Gasteiger partial charge in [-0.15, -0.1) is 0 Å². The second-order valence-electron chi connectivity index (χ2n) is 6.82. The number of pyridine rings is 1. The molecule has 0 N–H and O–H groups in total. The third-order valence-corrected chi connectivity index (χ3v) is 4.92. The lowest BCUT2D eigenvalue weighted by atomic mass is 10.1. The zero-order valence-electron chi connectivity index (χ0n) is 16.1. The fourth-order valence-corrected chi connectivity index (χ4v) is 3.27. The molecular formula is C18H16F3N5O5. The minimum Gasteiger partial charge on any atom is -0.362 e. The molecule has 31 heavy (non-hydrogen) atoms. The van der Waals surface area contributed by atoms with E-state index in [1.54, 1.807) is 6.92 Å². The second kappa shape index (κ2) is 8.16. The maximum Gasteiger partial charge on any atom is 0.416 e. The van der Waals surface area contributed by atoms with Gasteiger partial charge in [-0.1, -0.05) is 0 Å². The van der Waals surface area contributed by atoms with E-state index in [2.05, 4.69) is 4.98 Å². The van der Waals surface area contributed by atoms with Crippen molar-refractivity contribution in [3.63, 3.8) is 0 Å². The standard InChI is InChI=1S/C18H16F3N5O5/c1-11-14(9-13(10-22-11)25(28)29)17(27)24-6-4-23(5-7-24)15-3-2-12(18(19,20)21)8-16(15)26(30)31/h2-3,8-10H,4-7H2,1H3. The number of hydrogen-bond acceptors (Lipinski definition) is 7. The van der Waals surface area contributed by atoms with Gasteiger partial charge < -0.3 is 9.80 Å². The molecule has 1 aliphatic rings. The number of alkyl halides is 3. The summed E-state index contributed by atoms with van der Waals surface area (Å²) in [7, 11) is 0. The van der Waals surface area contributed by atoms with Gasteiger partial charge in [-0.05, 0) is 19.1 Å². The molecular weight excluding hydrogens is 423 g/mol. The van der Waals surface area contributed by atoms with Crippen molar-refractivity contribution in [2.24, 2.45) is 0 Å². The predicted molar refractivity (Wildman–Crippen MR) is 102 cm³/mol. The van der Waals surface area contributed by atoms with Gasteiger partial charge in [-0.3, -0.25) is 30.0 Å². The normalized spacial score (nSPS) is 14.5. The molecule has 0 bridgehead atoms. The van der Waals surface area contributed by atoms with Crippen molar-refractivity contribution < 1.29 is 27.8 Å². The highest BCUT2D eigenvalue weighted by Crippen LogP contribution is 2.36. The van der Waals surface area contributed by atoms with Crippen LogP contribution in [0.4, 0.5) is 30.2 Å². The Labute approximate surface area is 173 Å². The summed E-state index contributed by atoms with van der Waals surface area (Å²) in [5.74, 6) is -0.477. The highest BCUT2D eigenvalue weighted by molar-refractivity contribution is 5.96. The number of halogens is 3. The molecule has 10 nitrogen and oxygen atoms in total. The smallest absolute Gasteiger partial charge is 0.362 e. The van der Waals surface area contributed by atoms with Crippen molar-refractivity contribution in [2.75, 3.05) is 31.1 Å². The summed E-state index contributed by atoms with van der Waals surface area (Å²) in [4.78, 5) is 40.3. The number of nitro benzene ring substituents is 1. The minimum absolute atomic E-state index is 0.0262. The Balaban J connectivity index is 1.78. The first kappa shape index (κ1) is 21.9. The third-order valence-electron chi connectivity index (χ3n) is 4.92. The van der Waals surface area contributed by atoms with Gasteiger partial charge in [0.25, 0.3) is 17.3 Å². The van der Waals surface area contributed by atoms with Crippen LogP contribution in [0.15, 0.2) is 30.5 Å². The van der Waals surface area contributed by atoms with Gasteiger partial charge in [0.05, 0.1) is 26.7 Å². The van der Waals surface area contributed by atoms with E-state index in [1.165, 1.54) is 9.80 Å². The molecule has 13 heteroatoms. The summed E-state index contributed by atoms with van der Waals surface area (Å²) in [6.07, 6.45) is -3.66. The molecule has 1 aromatic heterocycles. The maximum absolute atomic E-state index is 12.9. The lowest BCUT2D eigenvalue weighted by Gasteiger charge is -2.36. The molecule has 2 aromatic rings. The van der Waals surface area contributed by atoms with Crippen molar-refractivity contribution in [1.82, 2.24) is 9.88 Å². The largest absolute Gasteiger partial charge is 0.416 e. The molecule has 2 heterocycles. The molecule has 0 saturated carbocycles. The van der Waals surface area contributed by atoms with Crippen molar-refractivity contribution >= 4 is 23.0 Å². The summed E-state index contributed by atoms with van der Waals surface area (Å²) in [5.41, 5.74) is -1.70. The molecule has 1 aromatic carbocycles. The number of amides is 1. The first-order valence-electron chi connectivity index (χ1n) is 9.00. The molecule has 1 amide bonds. The fourth-order valence-electron chi connectivity index (χ4n) is 3.27. The van der Waals surface area contributed by atoms with Crippen LogP contribution >= 0.6 is 0 Å². The number of carbonyl (C=O) groups is 1. The van der Waals surface area contributed by atoms with E-state index in [9.17, 15) is 38.2 Å². The lowest BCUT2D eigenvalue weighted by Crippen LogP contribution is -2.49. The average Bonchev–Trinajstić information content (AvgIpc) is 2.72. The van der Waals surface area contributed by atoms with Crippen molar-refractivity contribution in [2.45, 2.75) is 13.1 Å². The van der Waals surface area contributed by atoms with E-state index >= 15 is 0 Å². The highest BCUT2D eigenvalue weighted by atomic mass is 19.4. The number of anilines is 1. The molecule has 164 valence electrons. The zero-order chi connectivity index (χ0) is 22.9. The molecule has 0 radical (unpaired) electrons. The quantitative estimate of drug-likeness (QED) is 0.529. The molecule has 0 aliphatic carbocycles. The SMILES string of the molecule is Cc1ncc([N+](=O)[O-])cc1C(=O)N1CCN(c2ccc(C(F)(F)F)cc2[N+](=O)[O-])CC1. The van der Waals surface area contributed by atoms with Gasteiger partial charge in [0, 0.05) is 38.3 Å². The average molecular weight is 439 g/mol. The molecule has 0 atom stereocenters. The van der Waals surface area contributed by atoms with Crippen molar-refractivity contribution in [3.05, 3.63) is 67.5 Å². The zero-order valence-corrected chi connectivity index (χ0v) is 16.1. The Kier molecular flexibility index (Phi) is 5.77. The number of nitrogens with zero attached hydrogens (tertiary/aromatic N) is 5. The van der Waals surface area contributed by atoms with Crippen LogP contribution in [0.2, 0.25) is 0 Å². The summed E-state index contributed by atoms with van der Waals surface area (Å²) in [6.45, 7) is 2.07. The number of nitro groups is 2. The van der Waals surface area contributed by atoms with E-state index in [-0.39, 0.29) is 43.1 Å². The number of rotatable bonds is 4. The number of piperazine rings is 1. The highest BCUT2D eigenvalue weighted by Gasteiger charge is 2.34. The fraction of sp³-hybridized carbons (Fsp3) is 0.333. The number of benzene rings is 1. The van der Waals surface area contributed by atoms with Crippen LogP contribution < -0.4 is 4.90 Å². The molecule has 1 saturated heterocycles. The van der Waals surface area contributed by atoms with E-state index in [0.717, 1.165) is 24.4 Å². The maximum atomic E-state index is 12.9. The summed E-state index contributed by atoms with van der Waals surface area (Å²) >= 11 is 0. The van der Waals surface area contributed by atoms with Crippen LogP contribution in [0, 0.1) is 27.2 Å². The van der Waals surface area contributed by atoms with Crippen LogP contribution in [0.25, 0.3) is 0 Å². The Hall–Kier alpha value is -3.77. The first-order valence-corrected chi connectivity index (χ1v) is 9.00. The summed E-state index contributed by atoms with van der Waals surface area (Å²) < 4.78 is 38.7. The minimum atomic E-state index is -4.71.